The van der Waals surface area contributed by atoms with Crippen LogP contribution in [0.5, 0.6) is 0 Å². The molecule has 17 heavy (non-hydrogen) atoms. The molecular formula is C13H18BrIN2. The van der Waals surface area contributed by atoms with E-state index in [1.54, 1.807) is 0 Å². The van der Waals surface area contributed by atoms with Crippen molar-refractivity contribution in [3.63, 3.8) is 0 Å². The fourth-order valence-corrected chi connectivity index (χ4v) is 2.04. The topological polar surface area (TPSA) is 6.48 Å². The van der Waals surface area contributed by atoms with E-state index in [0.717, 1.165) is 17.7 Å². The second kappa shape index (κ2) is 7.26. The third-order valence-corrected chi connectivity index (χ3v) is 3.28. The predicted molar refractivity (Wildman–Crippen MR) is 87.7 cm³/mol. The fraction of sp³-hybridized carbons (Fsp3) is 0.385. The molecule has 4 heteroatoms. The zero-order chi connectivity index (χ0) is 11.4. The van der Waals surface area contributed by atoms with Crippen molar-refractivity contribution in [2.75, 3.05) is 18.1 Å². The Morgan fingerprint density at radius 1 is 1.18 bits per heavy atom. The van der Waals surface area contributed by atoms with Crippen LogP contribution in [0.2, 0.25) is 0 Å². The average Bonchev–Trinajstić information content (AvgIpc) is 2.76. The van der Waals surface area contributed by atoms with Crippen LogP contribution in [0.4, 0.5) is 5.69 Å². The minimum absolute atomic E-state index is 0. The molecule has 0 aliphatic carbocycles. The van der Waals surface area contributed by atoms with Gasteiger partial charge in [0.1, 0.15) is 0 Å². The predicted octanol–water partition coefficient (Wildman–Crippen LogP) is 4.42. The molecule has 0 atom stereocenters. The van der Waals surface area contributed by atoms with Crippen molar-refractivity contribution >= 4 is 45.6 Å². The standard InChI is InChI=1S/C13H17BrN2.HI/c1-2-3-8-15-9-10-16(11-15)13-6-4-12(14)5-7-13;/h4-7,9-10H,2-3,8,11H2,1H3;1H. The maximum atomic E-state index is 3.45. The van der Waals surface area contributed by atoms with E-state index in [9.17, 15) is 0 Å². The van der Waals surface area contributed by atoms with E-state index in [-0.39, 0.29) is 24.0 Å². The Bertz CT molecular complexity index is 364. The summed E-state index contributed by atoms with van der Waals surface area (Å²) in [6.07, 6.45) is 6.84. The maximum Gasteiger partial charge on any atom is 0.0941 e. The van der Waals surface area contributed by atoms with Gasteiger partial charge >= 0.3 is 0 Å². The maximum absolute atomic E-state index is 3.45. The lowest BCUT2D eigenvalue weighted by atomic mass is 10.3. The van der Waals surface area contributed by atoms with Gasteiger partial charge in [0.15, 0.2) is 0 Å². The highest BCUT2D eigenvalue weighted by molar-refractivity contribution is 14.0. The monoisotopic (exact) mass is 408 g/mol. The number of rotatable bonds is 4. The Kier molecular flexibility index (Phi) is 6.33. The number of hydrogen-bond acceptors (Lipinski definition) is 2. The van der Waals surface area contributed by atoms with E-state index in [1.807, 2.05) is 0 Å². The van der Waals surface area contributed by atoms with Gasteiger partial charge in [0.2, 0.25) is 0 Å². The molecule has 0 N–H and O–H groups in total. The Morgan fingerprint density at radius 2 is 1.88 bits per heavy atom. The third-order valence-electron chi connectivity index (χ3n) is 2.75. The van der Waals surface area contributed by atoms with Crippen LogP contribution in [0.3, 0.4) is 0 Å². The third kappa shape index (κ3) is 4.17. The highest BCUT2D eigenvalue weighted by Gasteiger charge is 2.12. The first-order valence-electron chi connectivity index (χ1n) is 5.74. The lowest BCUT2D eigenvalue weighted by Gasteiger charge is -2.21. The van der Waals surface area contributed by atoms with Crippen LogP contribution in [-0.2, 0) is 0 Å². The zero-order valence-electron chi connectivity index (χ0n) is 9.97. The molecule has 0 aromatic heterocycles. The summed E-state index contributed by atoms with van der Waals surface area (Å²) in [6.45, 7) is 4.36. The molecule has 0 amide bonds. The molecule has 1 heterocycles. The van der Waals surface area contributed by atoms with Crippen LogP contribution in [0, 0.1) is 0 Å². The second-order valence-electron chi connectivity index (χ2n) is 4.05. The summed E-state index contributed by atoms with van der Waals surface area (Å²) in [5.74, 6) is 0. The number of benzene rings is 1. The van der Waals surface area contributed by atoms with Gasteiger partial charge in [-0.2, -0.15) is 0 Å². The van der Waals surface area contributed by atoms with Gasteiger partial charge in [-0.3, -0.25) is 0 Å². The summed E-state index contributed by atoms with van der Waals surface area (Å²) < 4.78 is 1.13. The molecule has 0 bridgehead atoms. The summed E-state index contributed by atoms with van der Waals surface area (Å²) in [7, 11) is 0. The van der Waals surface area contributed by atoms with Crippen LogP contribution in [0.25, 0.3) is 0 Å². The Morgan fingerprint density at radius 3 is 2.53 bits per heavy atom. The van der Waals surface area contributed by atoms with Crippen LogP contribution in [0.15, 0.2) is 41.1 Å². The molecule has 2 rings (SSSR count). The minimum Gasteiger partial charge on any atom is -0.358 e. The molecule has 0 saturated carbocycles. The van der Waals surface area contributed by atoms with E-state index in [0.29, 0.717) is 0 Å². The van der Waals surface area contributed by atoms with Crippen molar-refractivity contribution in [1.82, 2.24) is 4.90 Å². The smallest absolute Gasteiger partial charge is 0.0941 e. The minimum atomic E-state index is 0. The molecule has 1 aromatic carbocycles. The summed E-state index contributed by atoms with van der Waals surface area (Å²) in [4.78, 5) is 4.62. The van der Waals surface area contributed by atoms with Gasteiger partial charge in [-0.15, -0.1) is 24.0 Å². The molecule has 2 nitrogen and oxygen atoms in total. The fourth-order valence-electron chi connectivity index (χ4n) is 1.77. The van der Waals surface area contributed by atoms with Crippen LogP contribution >= 0.6 is 39.9 Å². The van der Waals surface area contributed by atoms with Gasteiger partial charge in [-0.05, 0) is 30.7 Å². The van der Waals surface area contributed by atoms with Crippen molar-refractivity contribution in [2.24, 2.45) is 0 Å². The average molecular weight is 409 g/mol. The van der Waals surface area contributed by atoms with E-state index >= 15 is 0 Å². The summed E-state index contributed by atoms with van der Waals surface area (Å²) >= 11 is 3.45. The van der Waals surface area contributed by atoms with E-state index in [1.165, 1.54) is 18.5 Å². The van der Waals surface area contributed by atoms with E-state index in [2.05, 4.69) is 69.3 Å². The van der Waals surface area contributed by atoms with Gasteiger partial charge in [0.05, 0.1) is 6.67 Å². The Balaban J connectivity index is 0.00000144. The highest BCUT2D eigenvalue weighted by Crippen LogP contribution is 2.21. The van der Waals surface area contributed by atoms with E-state index in [4.69, 9.17) is 0 Å². The van der Waals surface area contributed by atoms with Gasteiger partial charge in [0, 0.05) is 29.1 Å². The molecule has 1 aliphatic heterocycles. The highest BCUT2D eigenvalue weighted by atomic mass is 127. The molecule has 1 aliphatic rings. The Labute approximate surface area is 129 Å². The number of hydrogen-bond donors (Lipinski definition) is 0. The lowest BCUT2D eigenvalue weighted by molar-refractivity contribution is 0.396. The van der Waals surface area contributed by atoms with Gasteiger partial charge in [-0.25, -0.2) is 0 Å². The van der Waals surface area contributed by atoms with Crippen molar-refractivity contribution in [1.29, 1.82) is 0 Å². The molecule has 1 aromatic rings. The van der Waals surface area contributed by atoms with Crippen molar-refractivity contribution in [3.05, 3.63) is 41.1 Å². The number of unbranched alkanes of at least 4 members (excludes halogenated alkanes) is 1. The normalized spacial score (nSPS) is 14.0. The lowest BCUT2D eigenvalue weighted by Crippen LogP contribution is -2.25. The first kappa shape index (κ1) is 14.8. The molecule has 0 fully saturated rings. The summed E-state index contributed by atoms with van der Waals surface area (Å²) in [5.41, 5.74) is 1.25. The van der Waals surface area contributed by atoms with Crippen molar-refractivity contribution in [2.45, 2.75) is 19.8 Å². The van der Waals surface area contributed by atoms with Crippen molar-refractivity contribution < 1.29 is 0 Å². The van der Waals surface area contributed by atoms with Gasteiger partial charge < -0.3 is 9.80 Å². The second-order valence-corrected chi connectivity index (χ2v) is 4.97. The molecular weight excluding hydrogens is 391 g/mol. The molecule has 0 radical (unpaired) electrons. The van der Waals surface area contributed by atoms with Crippen LogP contribution in [-0.4, -0.2) is 18.1 Å². The molecule has 0 unspecified atom stereocenters. The number of nitrogens with zero attached hydrogens (tertiary/aromatic N) is 2. The SMILES string of the molecule is CCCCN1C=CN(c2ccc(Br)cc2)C1.I. The number of halogens is 2. The van der Waals surface area contributed by atoms with E-state index < -0.39 is 0 Å². The van der Waals surface area contributed by atoms with Crippen molar-refractivity contribution in [3.8, 4) is 0 Å². The van der Waals surface area contributed by atoms with Crippen LogP contribution < -0.4 is 4.90 Å². The first-order valence-corrected chi connectivity index (χ1v) is 6.53. The summed E-state index contributed by atoms with van der Waals surface area (Å²) in [5, 5.41) is 0. The Hall–Kier alpha value is -0.230. The zero-order valence-corrected chi connectivity index (χ0v) is 13.9. The molecule has 0 saturated heterocycles. The van der Waals surface area contributed by atoms with Gasteiger partial charge in [0.25, 0.3) is 0 Å². The van der Waals surface area contributed by atoms with Crippen LogP contribution in [0.1, 0.15) is 19.8 Å². The van der Waals surface area contributed by atoms with Gasteiger partial charge in [-0.1, -0.05) is 29.3 Å². The number of anilines is 1. The summed E-state index contributed by atoms with van der Waals surface area (Å²) in [6, 6.07) is 8.44. The molecule has 94 valence electrons. The first-order chi connectivity index (χ1) is 7.79. The molecule has 0 spiro atoms. The quantitative estimate of drug-likeness (QED) is 0.680. The largest absolute Gasteiger partial charge is 0.358 e.